The number of rotatable bonds is 5. The fourth-order valence-electron chi connectivity index (χ4n) is 5.36. The Labute approximate surface area is 188 Å². The zero-order chi connectivity index (χ0) is 23.5. The van der Waals surface area contributed by atoms with Gasteiger partial charge in [0.25, 0.3) is 0 Å². The molecule has 3 aliphatic heterocycles. The molecule has 3 aliphatic rings. The first-order valence-electron chi connectivity index (χ1n) is 10.5. The van der Waals surface area contributed by atoms with Gasteiger partial charge in [-0.25, -0.2) is 4.39 Å². The second-order valence-electron chi connectivity index (χ2n) is 8.55. The summed E-state index contributed by atoms with van der Waals surface area (Å²) in [7, 11) is 1.46. The number of amides is 3. The SMILES string of the molecule is COCCN1C(=O)[C@@H]2[C@H](Cc3ccc(O)c(O)c3)N[C@@]3(C(=O)Nc4ccc(F)cc43)[C@@H]2C1=O. The van der Waals surface area contributed by atoms with Crippen molar-refractivity contribution in [3.8, 4) is 11.5 Å². The van der Waals surface area contributed by atoms with Gasteiger partial charge in [0.15, 0.2) is 11.5 Å². The number of carbonyl (C=O) groups excluding carboxylic acids is 3. The van der Waals surface area contributed by atoms with Crippen molar-refractivity contribution >= 4 is 23.4 Å². The molecule has 3 amide bonds. The smallest absolute Gasteiger partial charge is 0.250 e. The molecule has 33 heavy (non-hydrogen) atoms. The van der Waals surface area contributed by atoms with Crippen LogP contribution in [0.4, 0.5) is 10.1 Å². The summed E-state index contributed by atoms with van der Waals surface area (Å²) in [6.45, 7) is 0.187. The van der Waals surface area contributed by atoms with Crippen LogP contribution in [0.1, 0.15) is 11.1 Å². The lowest BCUT2D eigenvalue weighted by molar-refractivity contribution is -0.143. The van der Waals surface area contributed by atoms with Crippen LogP contribution in [0.5, 0.6) is 11.5 Å². The lowest BCUT2D eigenvalue weighted by Crippen LogP contribution is -2.53. The molecule has 10 heteroatoms. The number of aromatic hydroxyl groups is 2. The molecule has 0 bridgehead atoms. The maximum Gasteiger partial charge on any atom is 0.250 e. The Kier molecular flexibility index (Phi) is 4.87. The fourth-order valence-corrected chi connectivity index (χ4v) is 5.36. The van der Waals surface area contributed by atoms with Crippen LogP contribution in [-0.4, -0.2) is 59.1 Å². The highest BCUT2D eigenvalue weighted by Crippen LogP contribution is 2.53. The Balaban J connectivity index is 1.61. The highest BCUT2D eigenvalue weighted by atomic mass is 19.1. The van der Waals surface area contributed by atoms with Crippen molar-refractivity contribution in [1.82, 2.24) is 10.2 Å². The first kappa shape index (κ1) is 21.4. The van der Waals surface area contributed by atoms with E-state index in [0.29, 0.717) is 11.3 Å². The Bertz CT molecular complexity index is 1190. The number of phenolic OH excluding ortho intramolecular Hbond substituents is 2. The lowest BCUT2D eigenvalue weighted by Gasteiger charge is -2.29. The predicted molar refractivity (Wildman–Crippen MR) is 113 cm³/mol. The topological polar surface area (TPSA) is 128 Å². The van der Waals surface area contributed by atoms with Crippen LogP contribution < -0.4 is 10.6 Å². The second kappa shape index (κ2) is 7.53. The third-order valence-electron chi connectivity index (χ3n) is 6.78. The summed E-state index contributed by atoms with van der Waals surface area (Å²) in [4.78, 5) is 41.2. The number of ether oxygens (including phenoxy) is 1. The van der Waals surface area contributed by atoms with Crippen molar-refractivity contribution in [2.45, 2.75) is 18.0 Å². The van der Waals surface area contributed by atoms with E-state index in [-0.39, 0.29) is 36.6 Å². The molecule has 2 saturated heterocycles. The summed E-state index contributed by atoms with van der Waals surface area (Å²) in [5.74, 6) is -4.60. The molecular weight excluding hydrogens is 433 g/mol. The van der Waals surface area contributed by atoms with E-state index in [0.717, 1.165) is 4.90 Å². The van der Waals surface area contributed by atoms with E-state index in [2.05, 4.69) is 10.6 Å². The van der Waals surface area contributed by atoms with Crippen molar-refractivity contribution < 1.29 is 33.7 Å². The van der Waals surface area contributed by atoms with Crippen LogP contribution in [-0.2, 0) is 31.1 Å². The number of benzene rings is 2. The van der Waals surface area contributed by atoms with Gasteiger partial charge < -0.3 is 20.3 Å². The van der Waals surface area contributed by atoms with Gasteiger partial charge in [0.2, 0.25) is 17.7 Å². The van der Waals surface area contributed by atoms with Crippen LogP contribution in [0, 0.1) is 17.7 Å². The zero-order valence-corrected chi connectivity index (χ0v) is 17.7. The molecule has 2 fully saturated rings. The summed E-state index contributed by atoms with van der Waals surface area (Å²) in [6, 6.07) is 7.47. The van der Waals surface area contributed by atoms with Gasteiger partial charge in [0.1, 0.15) is 11.4 Å². The normalized spacial score (nSPS) is 27.9. The van der Waals surface area contributed by atoms with Crippen molar-refractivity contribution in [2.75, 3.05) is 25.6 Å². The Morgan fingerprint density at radius 2 is 1.88 bits per heavy atom. The number of nitrogens with one attached hydrogen (secondary N) is 2. The number of phenols is 2. The van der Waals surface area contributed by atoms with Gasteiger partial charge in [-0.05, 0) is 42.3 Å². The van der Waals surface area contributed by atoms with Gasteiger partial charge in [-0.1, -0.05) is 6.07 Å². The largest absolute Gasteiger partial charge is 0.504 e. The summed E-state index contributed by atoms with van der Waals surface area (Å²) in [5.41, 5.74) is -0.355. The molecule has 9 nitrogen and oxygen atoms in total. The van der Waals surface area contributed by atoms with Crippen molar-refractivity contribution in [3.05, 3.63) is 53.3 Å². The van der Waals surface area contributed by atoms with Gasteiger partial charge in [-0.3, -0.25) is 24.6 Å². The molecule has 0 unspecified atom stereocenters. The van der Waals surface area contributed by atoms with E-state index < -0.39 is 47.0 Å². The van der Waals surface area contributed by atoms with Crippen LogP contribution >= 0.6 is 0 Å². The molecule has 0 aromatic heterocycles. The van der Waals surface area contributed by atoms with E-state index >= 15 is 0 Å². The van der Waals surface area contributed by atoms with E-state index in [1.165, 1.54) is 37.4 Å². The summed E-state index contributed by atoms with van der Waals surface area (Å²) in [5, 5.41) is 25.4. The Morgan fingerprint density at radius 1 is 1.09 bits per heavy atom. The zero-order valence-electron chi connectivity index (χ0n) is 17.7. The monoisotopic (exact) mass is 455 g/mol. The van der Waals surface area contributed by atoms with Gasteiger partial charge in [-0.2, -0.15) is 0 Å². The summed E-state index contributed by atoms with van der Waals surface area (Å²) >= 11 is 0. The number of hydrogen-bond acceptors (Lipinski definition) is 7. The summed E-state index contributed by atoms with van der Waals surface area (Å²) in [6.07, 6.45) is 0.186. The highest BCUT2D eigenvalue weighted by molar-refractivity contribution is 6.15. The van der Waals surface area contributed by atoms with Gasteiger partial charge in [-0.15, -0.1) is 0 Å². The molecule has 4 N–H and O–H groups in total. The Morgan fingerprint density at radius 3 is 2.61 bits per heavy atom. The number of halogens is 1. The second-order valence-corrected chi connectivity index (χ2v) is 8.55. The molecule has 4 atom stereocenters. The molecular formula is C23H22FN3O6. The first-order valence-corrected chi connectivity index (χ1v) is 10.5. The molecule has 0 saturated carbocycles. The number of nitrogens with zero attached hydrogens (tertiary/aromatic N) is 1. The highest BCUT2D eigenvalue weighted by Gasteiger charge is 2.70. The number of carbonyl (C=O) groups is 3. The lowest BCUT2D eigenvalue weighted by atomic mass is 9.76. The minimum absolute atomic E-state index is 0.0432. The third-order valence-corrected chi connectivity index (χ3v) is 6.78. The molecule has 172 valence electrons. The van der Waals surface area contributed by atoms with Crippen LogP contribution in [0.25, 0.3) is 0 Å². The minimum Gasteiger partial charge on any atom is -0.504 e. The van der Waals surface area contributed by atoms with E-state index in [4.69, 9.17) is 4.74 Å². The standard InChI is InChI=1S/C23H22FN3O6/c1-33-7-6-27-20(30)18-15(8-11-2-5-16(28)17(29)9-11)26-23(19(18)21(27)31)13-10-12(24)3-4-14(13)25-22(23)32/h2-5,9-10,15,18-19,26,28-29H,6-8H2,1H3,(H,25,32)/t15-,18+,19-,23+/m0/s1. The third kappa shape index (κ3) is 3.01. The Hall–Kier alpha value is -3.50. The van der Waals surface area contributed by atoms with Crippen molar-refractivity contribution in [2.24, 2.45) is 11.8 Å². The first-order chi connectivity index (χ1) is 15.8. The number of imide groups is 1. The maximum absolute atomic E-state index is 14.2. The van der Waals surface area contributed by atoms with E-state index in [9.17, 15) is 29.0 Å². The quantitative estimate of drug-likeness (QED) is 0.389. The summed E-state index contributed by atoms with van der Waals surface area (Å²) < 4.78 is 19.3. The van der Waals surface area contributed by atoms with E-state index in [1.54, 1.807) is 6.07 Å². The predicted octanol–water partition coefficient (Wildman–Crippen LogP) is 0.846. The average Bonchev–Trinajstić information content (AvgIpc) is 3.34. The van der Waals surface area contributed by atoms with Crippen molar-refractivity contribution in [3.63, 3.8) is 0 Å². The fraction of sp³-hybridized carbons (Fsp3) is 0.348. The van der Waals surface area contributed by atoms with Crippen LogP contribution in [0.3, 0.4) is 0 Å². The molecule has 5 rings (SSSR count). The van der Waals surface area contributed by atoms with Crippen molar-refractivity contribution in [1.29, 1.82) is 0 Å². The number of fused-ring (bicyclic) bond motifs is 4. The molecule has 3 heterocycles. The molecule has 1 spiro atoms. The number of likely N-dealkylation sites (tertiary alicyclic amines) is 1. The maximum atomic E-state index is 14.2. The van der Waals surface area contributed by atoms with Gasteiger partial charge in [0.05, 0.1) is 25.0 Å². The number of hydrogen-bond donors (Lipinski definition) is 4. The number of methoxy groups -OCH3 is 1. The molecule has 2 aromatic rings. The molecule has 0 radical (unpaired) electrons. The minimum atomic E-state index is -1.61. The van der Waals surface area contributed by atoms with Gasteiger partial charge >= 0.3 is 0 Å². The molecule has 2 aromatic carbocycles. The average molecular weight is 455 g/mol. The van der Waals surface area contributed by atoms with E-state index in [1.807, 2.05) is 0 Å². The van der Waals surface area contributed by atoms with Crippen LogP contribution in [0.2, 0.25) is 0 Å². The van der Waals surface area contributed by atoms with Crippen LogP contribution in [0.15, 0.2) is 36.4 Å². The molecule has 0 aliphatic carbocycles. The van der Waals surface area contributed by atoms with Gasteiger partial charge in [0, 0.05) is 24.4 Å². The number of anilines is 1.